The molecule has 0 unspecified atom stereocenters. The molecule has 2 aromatic rings. The van der Waals surface area contributed by atoms with Gasteiger partial charge in [-0.2, -0.15) is 0 Å². The molecule has 1 aromatic heterocycles. The fourth-order valence-electron chi connectivity index (χ4n) is 3.71. The molecular weight excluding hydrogens is 316 g/mol. The van der Waals surface area contributed by atoms with E-state index in [0.29, 0.717) is 25.7 Å². The first-order chi connectivity index (χ1) is 12.1. The summed E-state index contributed by atoms with van der Waals surface area (Å²) >= 11 is 0. The number of anilines is 1. The van der Waals surface area contributed by atoms with Crippen LogP contribution in [0.4, 0.5) is 10.5 Å². The van der Waals surface area contributed by atoms with E-state index in [-0.39, 0.29) is 6.09 Å². The van der Waals surface area contributed by atoms with E-state index in [2.05, 4.69) is 46.5 Å². The normalized spacial score (nSPS) is 16.7. The third kappa shape index (κ3) is 2.97. The number of carbonyl (C=O) groups excluding carboxylic acids is 1. The molecule has 3 heterocycles. The van der Waals surface area contributed by atoms with E-state index in [4.69, 9.17) is 4.74 Å². The molecule has 0 aliphatic carbocycles. The van der Waals surface area contributed by atoms with Crippen LogP contribution >= 0.6 is 0 Å². The lowest BCUT2D eigenvalue weighted by molar-refractivity contribution is 0.157. The lowest BCUT2D eigenvalue weighted by Gasteiger charge is -2.24. The van der Waals surface area contributed by atoms with Gasteiger partial charge in [0.15, 0.2) is 0 Å². The molecule has 25 heavy (non-hydrogen) atoms. The van der Waals surface area contributed by atoms with Crippen LogP contribution in [0.25, 0.3) is 11.4 Å². The molecule has 4 rings (SSSR count). The Bertz CT molecular complexity index is 783. The predicted octanol–water partition coefficient (Wildman–Crippen LogP) is 2.77. The van der Waals surface area contributed by atoms with Crippen molar-refractivity contribution in [3.63, 3.8) is 0 Å². The highest BCUT2D eigenvalue weighted by Crippen LogP contribution is 2.33. The minimum absolute atomic E-state index is 0.215. The molecule has 6 nitrogen and oxygen atoms in total. The molecule has 132 valence electrons. The van der Waals surface area contributed by atoms with Gasteiger partial charge in [-0.3, -0.25) is 0 Å². The number of carbonyl (C=O) groups is 1. The number of cyclic esters (lactones) is 1. The van der Waals surface area contributed by atoms with E-state index >= 15 is 0 Å². The molecule has 1 amide bonds. The van der Waals surface area contributed by atoms with Crippen molar-refractivity contribution >= 4 is 11.8 Å². The Morgan fingerprint density at radius 1 is 1.24 bits per heavy atom. The Kier molecular flexibility index (Phi) is 4.11. The van der Waals surface area contributed by atoms with Crippen LogP contribution in [0.1, 0.15) is 19.4 Å². The molecule has 2 aliphatic rings. The molecule has 0 atom stereocenters. The molecule has 1 aromatic carbocycles. The van der Waals surface area contributed by atoms with Crippen molar-refractivity contribution in [3.8, 4) is 11.4 Å². The summed E-state index contributed by atoms with van der Waals surface area (Å²) in [5.41, 5.74) is 3.87. The molecule has 0 saturated carbocycles. The van der Waals surface area contributed by atoms with Gasteiger partial charge in [0.25, 0.3) is 0 Å². The van der Waals surface area contributed by atoms with Crippen molar-refractivity contribution < 1.29 is 9.53 Å². The number of imidazole rings is 1. The minimum atomic E-state index is -0.215. The van der Waals surface area contributed by atoms with E-state index in [1.54, 1.807) is 4.90 Å². The van der Waals surface area contributed by atoms with Crippen LogP contribution in [0.2, 0.25) is 0 Å². The lowest BCUT2D eigenvalue weighted by atomic mass is 10.1. The zero-order valence-corrected chi connectivity index (χ0v) is 14.8. The molecule has 6 heteroatoms. The standard InChI is InChI=1S/C19H24N4O2/c1-14(2)23-7-5-15-13-16(3-4-17(15)23)18-20-6-8-21(18)9-10-22-11-12-25-19(22)24/h3-4,6,8,13-14H,5,7,9-12H2,1-2H3. The molecule has 1 fully saturated rings. The second-order valence-electron chi connectivity index (χ2n) is 6.93. The number of rotatable bonds is 5. The number of hydrogen-bond donors (Lipinski definition) is 0. The molecule has 1 saturated heterocycles. The fourth-order valence-corrected chi connectivity index (χ4v) is 3.71. The van der Waals surface area contributed by atoms with Crippen LogP contribution in [-0.2, 0) is 17.7 Å². The minimum Gasteiger partial charge on any atom is -0.448 e. The number of ether oxygens (including phenoxy) is 1. The Balaban J connectivity index is 1.53. The van der Waals surface area contributed by atoms with Gasteiger partial charge in [-0.15, -0.1) is 0 Å². The van der Waals surface area contributed by atoms with Gasteiger partial charge in [0.2, 0.25) is 0 Å². The first-order valence-electron chi connectivity index (χ1n) is 8.96. The second kappa shape index (κ2) is 6.43. The van der Waals surface area contributed by atoms with Crippen LogP contribution < -0.4 is 4.90 Å². The van der Waals surface area contributed by atoms with Crippen molar-refractivity contribution in [1.82, 2.24) is 14.5 Å². The van der Waals surface area contributed by atoms with Crippen LogP contribution in [0.5, 0.6) is 0 Å². The Morgan fingerprint density at radius 2 is 2.12 bits per heavy atom. The van der Waals surface area contributed by atoms with Gasteiger partial charge < -0.3 is 19.1 Å². The largest absolute Gasteiger partial charge is 0.448 e. The van der Waals surface area contributed by atoms with E-state index in [1.807, 2.05) is 12.4 Å². The molecule has 0 N–H and O–H groups in total. The van der Waals surface area contributed by atoms with Crippen molar-refractivity contribution in [3.05, 3.63) is 36.2 Å². The number of aromatic nitrogens is 2. The van der Waals surface area contributed by atoms with Gasteiger partial charge >= 0.3 is 6.09 Å². The highest BCUT2D eigenvalue weighted by Gasteiger charge is 2.23. The summed E-state index contributed by atoms with van der Waals surface area (Å²) in [5, 5.41) is 0. The van der Waals surface area contributed by atoms with Crippen LogP contribution in [-0.4, -0.2) is 52.8 Å². The van der Waals surface area contributed by atoms with Gasteiger partial charge in [-0.1, -0.05) is 0 Å². The van der Waals surface area contributed by atoms with Gasteiger partial charge in [-0.25, -0.2) is 9.78 Å². The summed E-state index contributed by atoms with van der Waals surface area (Å²) in [6.45, 7) is 8.09. The van der Waals surface area contributed by atoms with Gasteiger partial charge in [0.05, 0.1) is 6.54 Å². The predicted molar refractivity (Wildman–Crippen MR) is 96.8 cm³/mol. The number of hydrogen-bond acceptors (Lipinski definition) is 4. The van der Waals surface area contributed by atoms with Gasteiger partial charge in [-0.05, 0) is 44.0 Å². The lowest BCUT2D eigenvalue weighted by Crippen LogP contribution is -2.28. The van der Waals surface area contributed by atoms with E-state index in [1.165, 1.54) is 11.3 Å². The van der Waals surface area contributed by atoms with Crippen molar-refractivity contribution in [1.29, 1.82) is 0 Å². The van der Waals surface area contributed by atoms with Gasteiger partial charge in [0.1, 0.15) is 12.4 Å². The van der Waals surface area contributed by atoms with Crippen molar-refractivity contribution in [2.45, 2.75) is 32.9 Å². The maximum absolute atomic E-state index is 11.6. The quantitative estimate of drug-likeness (QED) is 0.840. The Hall–Kier alpha value is -2.50. The molecule has 0 spiro atoms. The third-order valence-corrected chi connectivity index (χ3v) is 5.06. The molecular formula is C19H24N4O2. The maximum atomic E-state index is 11.6. The van der Waals surface area contributed by atoms with Crippen molar-refractivity contribution in [2.75, 3.05) is 31.1 Å². The zero-order valence-electron chi connectivity index (χ0n) is 14.8. The molecule has 0 bridgehead atoms. The number of fused-ring (bicyclic) bond motifs is 1. The summed E-state index contributed by atoms with van der Waals surface area (Å²) in [5.74, 6) is 0.957. The maximum Gasteiger partial charge on any atom is 0.410 e. The van der Waals surface area contributed by atoms with Gasteiger partial charge in [0, 0.05) is 49.3 Å². The zero-order chi connectivity index (χ0) is 17.4. The summed E-state index contributed by atoms with van der Waals surface area (Å²) in [4.78, 5) is 20.3. The number of nitrogens with zero attached hydrogens (tertiary/aromatic N) is 4. The number of amides is 1. The van der Waals surface area contributed by atoms with E-state index in [9.17, 15) is 4.79 Å². The highest BCUT2D eigenvalue weighted by molar-refractivity contribution is 5.69. The molecule has 2 aliphatic heterocycles. The highest BCUT2D eigenvalue weighted by atomic mass is 16.6. The fraction of sp³-hybridized carbons (Fsp3) is 0.474. The average Bonchev–Trinajstić information content (AvgIpc) is 3.31. The SMILES string of the molecule is CC(C)N1CCc2cc(-c3nccn3CCN3CCOC3=O)ccc21. The smallest absolute Gasteiger partial charge is 0.410 e. The topological polar surface area (TPSA) is 50.6 Å². The average molecular weight is 340 g/mol. The Morgan fingerprint density at radius 3 is 2.88 bits per heavy atom. The molecule has 0 radical (unpaired) electrons. The van der Waals surface area contributed by atoms with Crippen molar-refractivity contribution in [2.24, 2.45) is 0 Å². The summed E-state index contributed by atoms with van der Waals surface area (Å²) in [6.07, 6.45) is 4.67. The second-order valence-corrected chi connectivity index (χ2v) is 6.93. The third-order valence-electron chi connectivity index (χ3n) is 5.06. The summed E-state index contributed by atoms with van der Waals surface area (Å²) in [7, 11) is 0. The number of benzene rings is 1. The first-order valence-corrected chi connectivity index (χ1v) is 8.96. The van der Waals surface area contributed by atoms with Crippen LogP contribution in [0.3, 0.4) is 0 Å². The van der Waals surface area contributed by atoms with E-state index in [0.717, 1.165) is 30.9 Å². The first kappa shape index (κ1) is 16.0. The summed E-state index contributed by atoms with van der Waals surface area (Å²) < 4.78 is 7.10. The Labute approximate surface area is 148 Å². The monoisotopic (exact) mass is 340 g/mol. The van der Waals surface area contributed by atoms with Crippen LogP contribution in [0, 0.1) is 0 Å². The summed E-state index contributed by atoms with van der Waals surface area (Å²) in [6, 6.07) is 7.16. The van der Waals surface area contributed by atoms with Crippen LogP contribution in [0.15, 0.2) is 30.6 Å². The van der Waals surface area contributed by atoms with E-state index < -0.39 is 0 Å².